The summed E-state index contributed by atoms with van der Waals surface area (Å²) in [7, 11) is 0. The van der Waals surface area contributed by atoms with E-state index in [9.17, 15) is 14.0 Å². The third-order valence-corrected chi connectivity index (χ3v) is 3.74. The van der Waals surface area contributed by atoms with Crippen LogP contribution in [0.15, 0.2) is 22.7 Å². The van der Waals surface area contributed by atoms with Crippen LogP contribution in [-0.2, 0) is 4.79 Å². The fraction of sp³-hybridized carbons (Fsp3) is 0.467. The number of benzene rings is 1. The number of hydrogen-bond acceptors (Lipinski definition) is 2. The third kappa shape index (κ3) is 5.83. The summed E-state index contributed by atoms with van der Waals surface area (Å²) in [5.74, 6) is -2.24. The Kier molecular flexibility index (Phi) is 6.81. The van der Waals surface area contributed by atoms with Crippen molar-refractivity contribution in [3.8, 4) is 0 Å². The number of amides is 1. The summed E-state index contributed by atoms with van der Waals surface area (Å²) in [6, 6.07) is 4.06. The highest BCUT2D eigenvalue weighted by atomic mass is 79.9. The molecule has 0 aliphatic rings. The fourth-order valence-electron chi connectivity index (χ4n) is 1.90. The van der Waals surface area contributed by atoms with Crippen molar-refractivity contribution in [3.63, 3.8) is 0 Å². The van der Waals surface area contributed by atoms with E-state index in [0.717, 1.165) is 0 Å². The smallest absolute Gasteiger partial charge is 0.306 e. The second-order valence-corrected chi connectivity index (χ2v) is 6.08. The van der Waals surface area contributed by atoms with Crippen molar-refractivity contribution in [1.29, 1.82) is 0 Å². The van der Waals surface area contributed by atoms with Crippen LogP contribution in [0.3, 0.4) is 0 Å². The number of halogens is 2. The molecule has 21 heavy (non-hydrogen) atoms. The van der Waals surface area contributed by atoms with Gasteiger partial charge in [-0.15, -0.1) is 0 Å². The summed E-state index contributed by atoms with van der Waals surface area (Å²) in [4.78, 5) is 22.7. The fourth-order valence-corrected chi connectivity index (χ4v) is 2.26. The van der Waals surface area contributed by atoms with Crippen molar-refractivity contribution in [3.05, 3.63) is 34.1 Å². The van der Waals surface area contributed by atoms with Gasteiger partial charge in [-0.1, -0.05) is 29.3 Å². The summed E-state index contributed by atoms with van der Waals surface area (Å²) >= 11 is 3.20. The van der Waals surface area contributed by atoms with Gasteiger partial charge in [0, 0.05) is 10.5 Å². The zero-order valence-electron chi connectivity index (χ0n) is 12.0. The zero-order chi connectivity index (χ0) is 16.0. The predicted octanol–water partition coefficient (Wildman–Crippen LogP) is 3.60. The van der Waals surface area contributed by atoms with Gasteiger partial charge in [0.25, 0.3) is 5.91 Å². The lowest BCUT2D eigenvalue weighted by Gasteiger charge is -2.15. The molecule has 1 aromatic rings. The molecule has 0 saturated heterocycles. The van der Waals surface area contributed by atoms with Crippen LogP contribution in [0.4, 0.5) is 4.39 Å². The molecule has 0 aliphatic carbocycles. The van der Waals surface area contributed by atoms with Gasteiger partial charge in [-0.05, 0) is 38.0 Å². The molecule has 2 atom stereocenters. The van der Waals surface area contributed by atoms with Crippen LogP contribution in [0.1, 0.15) is 43.5 Å². The first-order valence-electron chi connectivity index (χ1n) is 6.80. The van der Waals surface area contributed by atoms with Gasteiger partial charge in [-0.3, -0.25) is 9.59 Å². The zero-order valence-corrected chi connectivity index (χ0v) is 13.6. The average molecular weight is 360 g/mol. The number of carbonyl (C=O) groups excluding carboxylic acids is 1. The number of carboxylic acids is 1. The molecule has 116 valence electrons. The summed E-state index contributed by atoms with van der Waals surface area (Å²) in [5, 5.41) is 11.5. The molecule has 0 heterocycles. The average Bonchev–Trinajstić information content (AvgIpc) is 2.41. The van der Waals surface area contributed by atoms with Gasteiger partial charge in [-0.25, -0.2) is 4.39 Å². The molecule has 0 aromatic heterocycles. The Morgan fingerprint density at radius 2 is 2.00 bits per heavy atom. The van der Waals surface area contributed by atoms with E-state index in [1.54, 1.807) is 6.92 Å². The van der Waals surface area contributed by atoms with Crippen LogP contribution in [0.25, 0.3) is 0 Å². The summed E-state index contributed by atoms with van der Waals surface area (Å²) in [6.07, 6.45) is 1.90. The Morgan fingerprint density at radius 1 is 1.33 bits per heavy atom. The maximum Gasteiger partial charge on any atom is 0.306 e. The van der Waals surface area contributed by atoms with E-state index in [0.29, 0.717) is 23.7 Å². The van der Waals surface area contributed by atoms with E-state index < -0.39 is 23.6 Å². The quantitative estimate of drug-likeness (QED) is 0.781. The number of carbonyl (C=O) groups is 2. The highest BCUT2D eigenvalue weighted by Crippen LogP contribution is 2.16. The highest BCUT2D eigenvalue weighted by Gasteiger charge is 2.15. The Hall–Kier alpha value is -1.43. The van der Waals surface area contributed by atoms with Crippen LogP contribution in [0.5, 0.6) is 0 Å². The minimum atomic E-state index is -0.817. The molecule has 4 nitrogen and oxygen atoms in total. The number of aliphatic carboxylic acids is 1. The van der Waals surface area contributed by atoms with Crippen molar-refractivity contribution >= 4 is 27.8 Å². The van der Waals surface area contributed by atoms with Crippen molar-refractivity contribution in [2.24, 2.45) is 5.92 Å². The van der Waals surface area contributed by atoms with Gasteiger partial charge < -0.3 is 10.4 Å². The molecule has 1 amide bonds. The Labute approximate surface area is 131 Å². The van der Waals surface area contributed by atoms with E-state index in [1.807, 2.05) is 6.92 Å². The van der Waals surface area contributed by atoms with Crippen LogP contribution in [0.2, 0.25) is 0 Å². The van der Waals surface area contributed by atoms with Crippen LogP contribution in [0, 0.1) is 11.7 Å². The molecule has 0 aliphatic heterocycles. The SMILES string of the molecule is CC(CCCC(C)C(=O)O)NC(=O)c1cc(Br)ccc1F. The lowest BCUT2D eigenvalue weighted by molar-refractivity contribution is -0.141. The van der Waals surface area contributed by atoms with E-state index in [-0.39, 0.29) is 11.6 Å². The molecular formula is C15H19BrFNO3. The van der Waals surface area contributed by atoms with Gasteiger partial charge in [0.15, 0.2) is 0 Å². The first kappa shape index (κ1) is 17.6. The lowest BCUT2D eigenvalue weighted by Crippen LogP contribution is -2.33. The Morgan fingerprint density at radius 3 is 2.62 bits per heavy atom. The summed E-state index contributed by atoms with van der Waals surface area (Å²) < 4.78 is 14.2. The molecular weight excluding hydrogens is 341 g/mol. The molecule has 0 bridgehead atoms. The lowest BCUT2D eigenvalue weighted by atomic mass is 10.0. The predicted molar refractivity (Wildman–Crippen MR) is 81.7 cm³/mol. The second kappa shape index (κ2) is 8.12. The summed E-state index contributed by atoms with van der Waals surface area (Å²) in [6.45, 7) is 3.47. The minimum Gasteiger partial charge on any atom is -0.481 e. The number of rotatable bonds is 7. The molecule has 2 unspecified atom stereocenters. The van der Waals surface area contributed by atoms with Gasteiger partial charge in [-0.2, -0.15) is 0 Å². The van der Waals surface area contributed by atoms with E-state index >= 15 is 0 Å². The molecule has 2 N–H and O–H groups in total. The monoisotopic (exact) mass is 359 g/mol. The number of nitrogens with one attached hydrogen (secondary N) is 1. The number of carboxylic acid groups (broad SMARTS) is 1. The van der Waals surface area contributed by atoms with Gasteiger partial charge in [0.1, 0.15) is 5.82 Å². The molecule has 6 heteroatoms. The van der Waals surface area contributed by atoms with Crippen molar-refractivity contribution in [2.75, 3.05) is 0 Å². The molecule has 1 rings (SSSR count). The highest BCUT2D eigenvalue weighted by molar-refractivity contribution is 9.10. The Balaban J connectivity index is 2.47. The van der Waals surface area contributed by atoms with E-state index in [2.05, 4.69) is 21.2 Å². The molecule has 0 saturated carbocycles. The van der Waals surface area contributed by atoms with Crippen molar-refractivity contribution < 1.29 is 19.1 Å². The third-order valence-electron chi connectivity index (χ3n) is 3.25. The topological polar surface area (TPSA) is 66.4 Å². The van der Waals surface area contributed by atoms with Gasteiger partial charge in [0.2, 0.25) is 0 Å². The van der Waals surface area contributed by atoms with Crippen LogP contribution >= 0.6 is 15.9 Å². The van der Waals surface area contributed by atoms with Crippen molar-refractivity contribution in [2.45, 2.75) is 39.2 Å². The van der Waals surface area contributed by atoms with Crippen LogP contribution in [-0.4, -0.2) is 23.0 Å². The van der Waals surface area contributed by atoms with Crippen LogP contribution < -0.4 is 5.32 Å². The van der Waals surface area contributed by atoms with Gasteiger partial charge >= 0.3 is 5.97 Å². The largest absolute Gasteiger partial charge is 0.481 e. The standard InChI is InChI=1S/C15H19BrFNO3/c1-9(15(20)21)4-3-5-10(2)18-14(19)12-8-11(16)6-7-13(12)17/h6-10H,3-5H2,1-2H3,(H,18,19)(H,20,21). The normalized spacial score (nSPS) is 13.5. The van der Waals surface area contributed by atoms with E-state index in [4.69, 9.17) is 5.11 Å². The maximum absolute atomic E-state index is 13.6. The Bertz CT molecular complexity index is 522. The molecule has 0 spiro atoms. The maximum atomic E-state index is 13.6. The first-order chi connectivity index (χ1) is 9.81. The van der Waals surface area contributed by atoms with Crippen molar-refractivity contribution in [1.82, 2.24) is 5.32 Å². The molecule has 0 radical (unpaired) electrons. The minimum absolute atomic E-state index is 0.00451. The number of hydrogen-bond donors (Lipinski definition) is 2. The second-order valence-electron chi connectivity index (χ2n) is 5.17. The van der Waals surface area contributed by atoms with Gasteiger partial charge in [0.05, 0.1) is 11.5 Å². The summed E-state index contributed by atoms with van der Waals surface area (Å²) in [5.41, 5.74) is -0.00451. The van der Waals surface area contributed by atoms with E-state index in [1.165, 1.54) is 18.2 Å². The molecule has 1 aromatic carbocycles. The molecule has 0 fully saturated rings. The first-order valence-corrected chi connectivity index (χ1v) is 7.59.